The zero-order valence-electron chi connectivity index (χ0n) is 9.10. The van der Waals surface area contributed by atoms with Crippen molar-refractivity contribution in [3.05, 3.63) is 0 Å². The smallest absolute Gasteiger partial charge is 0.303 e. The molecule has 0 N–H and O–H groups in total. The van der Waals surface area contributed by atoms with Crippen molar-refractivity contribution in [1.82, 2.24) is 0 Å². The highest BCUT2D eigenvalue weighted by molar-refractivity contribution is 7.86. The minimum absolute atomic E-state index is 0.437. The Kier molecular flexibility index (Phi) is 5.33. The first-order chi connectivity index (χ1) is 6.70. The molecule has 0 amide bonds. The van der Waals surface area contributed by atoms with Crippen molar-refractivity contribution >= 4 is 16.1 Å². The van der Waals surface area contributed by atoms with Gasteiger partial charge in [-0.3, -0.25) is 8.98 Å². The van der Waals surface area contributed by atoms with Gasteiger partial charge in [-0.2, -0.15) is 8.42 Å². The number of esters is 1. The SMILES string of the molecule is CC(=O)O[C@@H](C)C#C[C@@H](C)OS(C)(=O)=O. The van der Waals surface area contributed by atoms with Crippen LogP contribution in [0.25, 0.3) is 0 Å². The molecule has 0 aliphatic carbocycles. The van der Waals surface area contributed by atoms with E-state index in [4.69, 9.17) is 4.74 Å². The van der Waals surface area contributed by atoms with Crippen LogP contribution in [0.3, 0.4) is 0 Å². The van der Waals surface area contributed by atoms with Gasteiger partial charge >= 0.3 is 5.97 Å². The average Bonchev–Trinajstić information content (AvgIpc) is 1.96. The molecule has 0 aliphatic rings. The minimum Gasteiger partial charge on any atom is -0.450 e. The first-order valence-corrected chi connectivity index (χ1v) is 6.09. The van der Waals surface area contributed by atoms with E-state index in [-0.39, 0.29) is 0 Å². The second-order valence-electron chi connectivity index (χ2n) is 2.98. The topological polar surface area (TPSA) is 69.7 Å². The lowest BCUT2D eigenvalue weighted by Gasteiger charge is -2.05. The molecule has 0 saturated carbocycles. The molecule has 0 spiro atoms. The zero-order chi connectivity index (χ0) is 12.1. The van der Waals surface area contributed by atoms with Gasteiger partial charge in [-0.25, -0.2) is 0 Å². The summed E-state index contributed by atoms with van der Waals surface area (Å²) in [6.45, 7) is 4.35. The van der Waals surface area contributed by atoms with Crippen LogP contribution in [0.4, 0.5) is 0 Å². The Morgan fingerprint density at radius 1 is 1.20 bits per heavy atom. The molecule has 2 atom stereocenters. The first kappa shape index (κ1) is 13.9. The fourth-order valence-electron chi connectivity index (χ4n) is 0.799. The number of carbonyl (C=O) groups is 1. The van der Waals surface area contributed by atoms with Gasteiger partial charge < -0.3 is 4.74 Å². The van der Waals surface area contributed by atoms with Gasteiger partial charge in [0.2, 0.25) is 0 Å². The van der Waals surface area contributed by atoms with Crippen LogP contribution in [0.2, 0.25) is 0 Å². The molecule has 15 heavy (non-hydrogen) atoms. The quantitative estimate of drug-likeness (QED) is 0.399. The number of hydrogen-bond donors (Lipinski definition) is 0. The van der Waals surface area contributed by atoms with Gasteiger partial charge in [-0.15, -0.1) is 0 Å². The second-order valence-corrected chi connectivity index (χ2v) is 4.58. The molecule has 0 aliphatic heterocycles. The van der Waals surface area contributed by atoms with E-state index in [0.717, 1.165) is 6.26 Å². The van der Waals surface area contributed by atoms with Gasteiger partial charge in [-0.1, -0.05) is 11.8 Å². The van der Waals surface area contributed by atoms with Crippen molar-refractivity contribution in [1.29, 1.82) is 0 Å². The predicted molar refractivity (Wildman–Crippen MR) is 54.4 cm³/mol. The summed E-state index contributed by atoms with van der Waals surface area (Å²) >= 11 is 0. The number of ether oxygens (including phenoxy) is 1. The second kappa shape index (κ2) is 5.73. The molecule has 5 nitrogen and oxygen atoms in total. The van der Waals surface area contributed by atoms with Crippen molar-refractivity contribution < 1.29 is 22.1 Å². The highest BCUT2D eigenvalue weighted by Crippen LogP contribution is 1.96. The van der Waals surface area contributed by atoms with Gasteiger partial charge in [0.1, 0.15) is 6.10 Å². The van der Waals surface area contributed by atoms with Crippen LogP contribution in [0, 0.1) is 11.8 Å². The number of rotatable bonds is 3. The maximum absolute atomic E-state index is 10.7. The maximum Gasteiger partial charge on any atom is 0.303 e. The van der Waals surface area contributed by atoms with Crippen molar-refractivity contribution in [2.45, 2.75) is 33.0 Å². The molecule has 0 aromatic carbocycles. The van der Waals surface area contributed by atoms with Crippen LogP contribution >= 0.6 is 0 Å². The van der Waals surface area contributed by atoms with E-state index in [0.29, 0.717) is 0 Å². The van der Waals surface area contributed by atoms with Crippen LogP contribution in [-0.4, -0.2) is 32.9 Å². The Morgan fingerprint density at radius 3 is 2.07 bits per heavy atom. The molecule has 86 valence electrons. The van der Waals surface area contributed by atoms with E-state index in [1.54, 1.807) is 6.92 Å². The Labute approximate surface area is 89.9 Å². The van der Waals surface area contributed by atoms with Crippen molar-refractivity contribution in [2.24, 2.45) is 0 Å². The summed E-state index contributed by atoms with van der Waals surface area (Å²) in [6, 6.07) is 0. The average molecular weight is 234 g/mol. The molecular weight excluding hydrogens is 220 g/mol. The molecule has 0 fully saturated rings. The van der Waals surface area contributed by atoms with Crippen LogP contribution in [0.5, 0.6) is 0 Å². The lowest BCUT2D eigenvalue weighted by atomic mass is 10.3. The molecule has 0 aromatic heterocycles. The Hall–Kier alpha value is -1.06. The minimum atomic E-state index is -3.50. The van der Waals surface area contributed by atoms with E-state index < -0.39 is 28.3 Å². The fourth-order valence-corrected chi connectivity index (χ4v) is 1.37. The Bertz CT molecular complexity index is 373. The predicted octanol–water partition coefficient (Wildman–Crippen LogP) is 0.306. The van der Waals surface area contributed by atoms with Crippen LogP contribution < -0.4 is 0 Å². The maximum atomic E-state index is 10.7. The van der Waals surface area contributed by atoms with E-state index in [1.807, 2.05) is 0 Å². The summed E-state index contributed by atoms with van der Waals surface area (Å²) in [4.78, 5) is 10.5. The molecule has 0 saturated heterocycles. The molecule has 6 heteroatoms. The van der Waals surface area contributed by atoms with Gasteiger partial charge in [-0.05, 0) is 13.8 Å². The van der Waals surface area contributed by atoms with Crippen LogP contribution in [0.1, 0.15) is 20.8 Å². The third-order valence-electron chi connectivity index (χ3n) is 1.15. The van der Waals surface area contributed by atoms with E-state index in [9.17, 15) is 13.2 Å². The van der Waals surface area contributed by atoms with E-state index >= 15 is 0 Å². The van der Waals surface area contributed by atoms with Crippen molar-refractivity contribution in [2.75, 3.05) is 6.26 Å². The summed E-state index contributed by atoms with van der Waals surface area (Å²) in [7, 11) is -3.50. The Balaban J connectivity index is 4.22. The molecule has 0 radical (unpaired) electrons. The molecule has 0 bridgehead atoms. The lowest BCUT2D eigenvalue weighted by molar-refractivity contribution is -0.143. The Morgan fingerprint density at radius 2 is 1.67 bits per heavy atom. The highest BCUT2D eigenvalue weighted by atomic mass is 32.2. The highest BCUT2D eigenvalue weighted by Gasteiger charge is 2.07. The molecular formula is C9H14O5S. The first-order valence-electron chi connectivity index (χ1n) is 4.27. The van der Waals surface area contributed by atoms with E-state index in [1.165, 1.54) is 13.8 Å². The third kappa shape index (κ3) is 9.25. The molecule has 0 aromatic rings. The lowest BCUT2D eigenvalue weighted by Crippen LogP contribution is -2.14. The normalized spacial score (nSPS) is 14.7. The van der Waals surface area contributed by atoms with Gasteiger partial charge in [0.25, 0.3) is 10.1 Å². The number of hydrogen-bond acceptors (Lipinski definition) is 5. The molecule has 0 rings (SSSR count). The summed E-state index contributed by atoms with van der Waals surface area (Å²) in [6.07, 6.45) is -0.383. The number of carbonyl (C=O) groups excluding carboxylic acids is 1. The molecule has 0 heterocycles. The van der Waals surface area contributed by atoms with Crippen molar-refractivity contribution in [3.8, 4) is 11.8 Å². The van der Waals surface area contributed by atoms with Crippen LogP contribution in [-0.2, 0) is 23.8 Å². The summed E-state index contributed by atoms with van der Waals surface area (Å²) < 4.78 is 30.6. The van der Waals surface area contributed by atoms with Crippen LogP contribution in [0.15, 0.2) is 0 Å². The van der Waals surface area contributed by atoms with Crippen molar-refractivity contribution in [3.63, 3.8) is 0 Å². The summed E-state index contributed by atoms with van der Waals surface area (Å²) in [5.74, 6) is 4.63. The monoisotopic (exact) mass is 234 g/mol. The van der Waals surface area contributed by atoms with Gasteiger partial charge in [0, 0.05) is 6.92 Å². The fraction of sp³-hybridized carbons (Fsp3) is 0.667. The largest absolute Gasteiger partial charge is 0.450 e. The van der Waals surface area contributed by atoms with E-state index in [2.05, 4.69) is 16.0 Å². The summed E-state index contributed by atoms with van der Waals surface area (Å²) in [5.41, 5.74) is 0. The summed E-state index contributed by atoms with van der Waals surface area (Å²) in [5, 5.41) is 0. The molecule has 0 unspecified atom stereocenters. The standard InChI is InChI=1S/C9H14O5S/c1-7(13-9(3)10)5-6-8(2)14-15(4,11)12/h7-8H,1-4H3/t7-,8+/m0/s1. The third-order valence-corrected chi connectivity index (χ3v) is 1.79. The van der Waals surface area contributed by atoms with Gasteiger partial charge in [0.05, 0.1) is 6.26 Å². The zero-order valence-corrected chi connectivity index (χ0v) is 9.92. The van der Waals surface area contributed by atoms with Gasteiger partial charge in [0.15, 0.2) is 6.10 Å².